The fourth-order valence-corrected chi connectivity index (χ4v) is 3.99. The van der Waals surface area contributed by atoms with Crippen molar-refractivity contribution >= 4 is 11.6 Å². The second-order valence-corrected chi connectivity index (χ2v) is 6.57. The molecule has 0 spiro atoms. The largest absolute Gasteiger partial charge is 0.383 e. The molecular weight excluding hydrogens is 286 g/mol. The molecule has 1 aliphatic rings. The van der Waals surface area contributed by atoms with Gasteiger partial charge >= 0.3 is 0 Å². The van der Waals surface area contributed by atoms with E-state index in [1.807, 2.05) is 4.68 Å². The summed E-state index contributed by atoms with van der Waals surface area (Å²) < 4.78 is 7.20. The summed E-state index contributed by atoms with van der Waals surface area (Å²) >= 11 is 6.44. The molecule has 1 aromatic heterocycles. The quantitative estimate of drug-likeness (QED) is 0.839. The Morgan fingerprint density at radius 1 is 1.48 bits per heavy atom. The molecule has 5 heteroatoms. The first kappa shape index (κ1) is 16.8. The van der Waals surface area contributed by atoms with Crippen LogP contribution >= 0.6 is 11.6 Å². The second kappa shape index (κ2) is 8.16. The van der Waals surface area contributed by atoms with Crippen molar-refractivity contribution in [3.8, 4) is 0 Å². The maximum absolute atomic E-state index is 6.44. The maximum Gasteiger partial charge on any atom is 0.0820 e. The standard InChI is InChI=1S/C16H28ClN3O/c1-3-4-12-5-6-13(10-18)14(9-12)16-15(17)11-19-20(16)7-8-21-2/h11-14H,3-10,18H2,1-2H3. The zero-order chi connectivity index (χ0) is 15.2. The van der Waals surface area contributed by atoms with Crippen LogP contribution in [0.25, 0.3) is 0 Å². The summed E-state index contributed by atoms with van der Waals surface area (Å²) in [6.07, 6.45) is 8.02. The van der Waals surface area contributed by atoms with Crippen LogP contribution in [0.1, 0.15) is 50.6 Å². The topological polar surface area (TPSA) is 53.1 Å². The summed E-state index contributed by atoms with van der Waals surface area (Å²) in [7, 11) is 1.71. The zero-order valence-corrected chi connectivity index (χ0v) is 14.0. The SMILES string of the molecule is CCCC1CCC(CN)C(c2c(Cl)cnn2CCOC)C1. The molecule has 0 aliphatic heterocycles. The number of nitrogens with zero attached hydrogens (tertiary/aromatic N) is 2. The maximum atomic E-state index is 6.44. The van der Waals surface area contributed by atoms with Gasteiger partial charge in [0.15, 0.2) is 0 Å². The van der Waals surface area contributed by atoms with E-state index in [4.69, 9.17) is 22.1 Å². The highest BCUT2D eigenvalue weighted by molar-refractivity contribution is 6.31. The number of nitrogens with two attached hydrogens (primary N) is 1. The normalized spacial score (nSPS) is 26.2. The highest BCUT2D eigenvalue weighted by Crippen LogP contribution is 2.43. The van der Waals surface area contributed by atoms with E-state index in [9.17, 15) is 0 Å². The number of halogens is 1. The molecule has 21 heavy (non-hydrogen) atoms. The lowest BCUT2D eigenvalue weighted by atomic mass is 9.71. The van der Waals surface area contributed by atoms with E-state index in [0.29, 0.717) is 18.4 Å². The Labute approximate surface area is 133 Å². The highest BCUT2D eigenvalue weighted by atomic mass is 35.5. The third-order valence-electron chi connectivity index (χ3n) is 4.79. The Hall–Kier alpha value is -0.580. The van der Waals surface area contributed by atoms with Crippen LogP contribution in [0.5, 0.6) is 0 Å². The van der Waals surface area contributed by atoms with Gasteiger partial charge < -0.3 is 10.5 Å². The highest BCUT2D eigenvalue weighted by Gasteiger charge is 2.33. The molecule has 1 heterocycles. The smallest absolute Gasteiger partial charge is 0.0820 e. The molecule has 0 radical (unpaired) electrons. The second-order valence-electron chi connectivity index (χ2n) is 6.16. The summed E-state index contributed by atoms with van der Waals surface area (Å²) in [4.78, 5) is 0. The van der Waals surface area contributed by atoms with Crippen LogP contribution in [0.4, 0.5) is 0 Å². The molecule has 4 nitrogen and oxygen atoms in total. The summed E-state index contributed by atoms with van der Waals surface area (Å²) in [5.74, 6) is 1.75. The Morgan fingerprint density at radius 3 is 2.95 bits per heavy atom. The Kier molecular flexibility index (Phi) is 6.52. The van der Waals surface area contributed by atoms with Gasteiger partial charge in [-0.15, -0.1) is 0 Å². The minimum absolute atomic E-state index is 0.437. The van der Waals surface area contributed by atoms with Gasteiger partial charge in [-0.1, -0.05) is 37.8 Å². The first-order valence-corrected chi connectivity index (χ1v) is 8.49. The molecule has 1 aromatic rings. The van der Waals surface area contributed by atoms with Crippen molar-refractivity contribution in [2.24, 2.45) is 17.6 Å². The van der Waals surface area contributed by atoms with E-state index in [0.717, 1.165) is 24.0 Å². The number of rotatable bonds is 7. The molecule has 0 amide bonds. The van der Waals surface area contributed by atoms with Crippen LogP contribution in [0.2, 0.25) is 5.02 Å². The molecule has 0 aromatic carbocycles. The van der Waals surface area contributed by atoms with Gasteiger partial charge in [0, 0.05) is 13.0 Å². The predicted octanol–water partition coefficient (Wildman–Crippen LogP) is 3.44. The van der Waals surface area contributed by atoms with Crippen LogP contribution in [0.3, 0.4) is 0 Å². The predicted molar refractivity (Wildman–Crippen MR) is 86.6 cm³/mol. The molecule has 0 bridgehead atoms. The van der Waals surface area contributed by atoms with Crippen LogP contribution in [0.15, 0.2) is 6.20 Å². The fourth-order valence-electron chi connectivity index (χ4n) is 3.70. The Bertz CT molecular complexity index is 435. The molecule has 1 fully saturated rings. The van der Waals surface area contributed by atoms with Crippen LogP contribution in [0, 0.1) is 11.8 Å². The molecule has 3 atom stereocenters. The van der Waals surface area contributed by atoms with E-state index in [1.54, 1.807) is 13.3 Å². The van der Waals surface area contributed by atoms with E-state index in [1.165, 1.54) is 37.8 Å². The van der Waals surface area contributed by atoms with E-state index in [-0.39, 0.29) is 0 Å². The number of hydrogen-bond donors (Lipinski definition) is 1. The minimum atomic E-state index is 0.437. The summed E-state index contributed by atoms with van der Waals surface area (Å²) in [6, 6.07) is 0. The van der Waals surface area contributed by atoms with Gasteiger partial charge in [0.1, 0.15) is 0 Å². The van der Waals surface area contributed by atoms with Gasteiger partial charge in [-0.25, -0.2) is 0 Å². The Morgan fingerprint density at radius 2 is 2.29 bits per heavy atom. The zero-order valence-electron chi connectivity index (χ0n) is 13.2. The fraction of sp³-hybridized carbons (Fsp3) is 0.812. The molecule has 1 aliphatic carbocycles. The van der Waals surface area contributed by atoms with E-state index in [2.05, 4.69) is 12.0 Å². The number of hydrogen-bond acceptors (Lipinski definition) is 3. The number of aromatic nitrogens is 2. The summed E-state index contributed by atoms with van der Waals surface area (Å²) in [5.41, 5.74) is 7.19. The van der Waals surface area contributed by atoms with Crippen molar-refractivity contribution in [2.75, 3.05) is 20.3 Å². The third-order valence-corrected chi connectivity index (χ3v) is 5.08. The van der Waals surface area contributed by atoms with Gasteiger partial charge in [0.05, 0.1) is 30.1 Å². The molecule has 0 saturated heterocycles. The number of ether oxygens (including phenoxy) is 1. The molecule has 2 N–H and O–H groups in total. The van der Waals surface area contributed by atoms with E-state index < -0.39 is 0 Å². The van der Waals surface area contributed by atoms with Crippen LogP contribution in [-0.4, -0.2) is 30.0 Å². The molecule has 1 saturated carbocycles. The van der Waals surface area contributed by atoms with Gasteiger partial charge in [-0.05, 0) is 31.2 Å². The Balaban J connectivity index is 2.21. The van der Waals surface area contributed by atoms with Crippen molar-refractivity contribution in [1.29, 1.82) is 0 Å². The molecule has 120 valence electrons. The van der Waals surface area contributed by atoms with Gasteiger partial charge in [0.25, 0.3) is 0 Å². The monoisotopic (exact) mass is 313 g/mol. The van der Waals surface area contributed by atoms with Crippen molar-refractivity contribution in [3.05, 3.63) is 16.9 Å². The van der Waals surface area contributed by atoms with Crippen LogP contribution < -0.4 is 5.73 Å². The van der Waals surface area contributed by atoms with E-state index >= 15 is 0 Å². The van der Waals surface area contributed by atoms with Gasteiger partial charge in [-0.3, -0.25) is 4.68 Å². The summed E-state index contributed by atoms with van der Waals surface area (Å²) in [5, 5.41) is 5.22. The average Bonchev–Trinajstić information content (AvgIpc) is 2.86. The first-order chi connectivity index (χ1) is 10.2. The molecule has 2 rings (SSSR count). The van der Waals surface area contributed by atoms with Crippen LogP contribution in [-0.2, 0) is 11.3 Å². The van der Waals surface area contributed by atoms with Crippen molar-refractivity contribution in [1.82, 2.24) is 9.78 Å². The van der Waals surface area contributed by atoms with Gasteiger partial charge in [0.2, 0.25) is 0 Å². The lowest BCUT2D eigenvalue weighted by Gasteiger charge is -2.36. The first-order valence-electron chi connectivity index (χ1n) is 8.11. The number of methoxy groups -OCH3 is 1. The molecule has 3 unspecified atom stereocenters. The van der Waals surface area contributed by atoms with Crippen molar-refractivity contribution in [2.45, 2.75) is 51.5 Å². The van der Waals surface area contributed by atoms with Crippen molar-refractivity contribution in [3.63, 3.8) is 0 Å². The minimum Gasteiger partial charge on any atom is -0.383 e. The lowest BCUT2D eigenvalue weighted by molar-refractivity contribution is 0.176. The van der Waals surface area contributed by atoms with Crippen molar-refractivity contribution < 1.29 is 4.74 Å². The lowest BCUT2D eigenvalue weighted by Crippen LogP contribution is -2.31. The molecular formula is C16H28ClN3O. The average molecular weight is 314 g/mol. The van der Waals surface area contributed by atoms with Gasteiger partial charge in [-0.2, -0.15) is 5.10 Å². The third kappa shape index (κ3) is 3.99. The summed E-state index contributed by atoms with van der Waals surface area (Å²) in [6.45, 7) is 4.41.